The fraction of sp³-hybridized carbons (Fsp3) is 0.0909. The maximum Gasteiger partial charge on any atom is 0.332 e. The number of esters is 1. The van der Waals surface area contributed by atoms with Crippen LogP contribution in [0, 0.1) is 0 Å². The Kier molecular flexibility index (Phi) is 1.48. The van der Waals surface area contributed by atoms with Crippen molar-refractivity contribution >= 4 is 16.9 Å². The number of fused-ring (bicyclic) bond motifs is 3. The fourth-order valence-corrected chi connectivity index (χ4v) is 1.83. The topological polar surface area (TPSA) is 48.3 Å². The van der Waals surface area contributed by atoms with Crippen LogP contribution in [0.4, 0.5) is 0 Å². The maximum atomic E-state index is 11.6. The molecule has 1 aromatic heterocycles. The summed E-state index contributed by atoms with van der Waals surface area (Å²) in [4.78, 5) is 22.8. The lowest BCUT2D eigenvalue weighted by molar-refractivity contribution is -0.132. The molecule has 0 saturated carbocycles. The highest BCUT2D eigenvalue weighted by molar-refractivity contribution is 5.84. The average Bonchev–Trinajstić information content (AvgIpc) is 2.59. The minimum absolute atomic E-state index is 0.119. The number of aromatic nitrogens is 1. The Hall–Kier alpha value is -2.10. The molecule has 1 aliphatic rings. The van der Waals surface area contributed by atoms with Crippen LogP contribution >= 0.6 is 0 Å². The summed E-state index contributed by atoms with van der Waals surface area (Å²) in [5, 5.41) is 0.611. The molecule has 0 fully saturated rings. The number of hydrogen-bond acceptors (Lipinski definition) is 3. The van der Waals surface area contributed by atoms with E-state index in [1.54, 1.807) is 16.7 Å². The summed E-state index contributed by atoms with van der Waals surface area (Å²) < 4.78 is 6.63. The third kappa shape index (κ3) is 1.08. The van der Waals surface area contributed by atoms with E-state index in [1.165, 1.54) is 6.07 Å². The molecule has 1 aromatic carbocycles. The molecule has 0 bridgehead atoms. The van der Waals surface area contributed by atoms with Gasteiger partial charge >= 0.3 is 5.97 Å². The molecule has 0 spiro atoms. The number of pyridine rings is 1. The van der Waals surface area contributed by atoms with E-state index in [4.69, 9.17) is 4.74 Å². The molecule has 0 radical (unpaired) electrons. The van der Waals surface area contributed by atoms with E-state index in [0.29, 0.717) is 11.3 Å². The summed E-state index contributed by atoms with van der Waals surface area (Å²) in [6.45, 7) is 0.177. The van der Waals surface area contributed by atoms with Crippen LogP contribution in [-0.2, 0) is 11.3 Å². The quantitative estimate of drug-likeness (QED) is 0.595. The number of ether oxygens (including phenoxy) is 1. The molecular formula is C11H7NO3. The van der Waals surface area contributed by atoms with Crippen molar-refractivity contribution in [3.05, 3.63) is 40.6 Å². The number of carbonyl (C=O) groups excluding carboxylic acids is 1. The summed E-state index contributed by atoms with van der Waals surface area (Å²) >= 11 is 0. The molecule has 4 heteroatoms. The van der Waals surface area contributed by atoms with Gasteiger partial charge in [-0.05, 0) is 12.1 Å². The standard InChI is InChI=1S/C11H7NO3/c13-9-5-10-12(6-11(14)15-10)8-4-2-1-3-7(8)9/h1-5H,6H2. The predicted octanol–water partition coefficient (Wildman–Crippen LogP) is 0.920. The van der Waals surface area contributed by atoms with Crippen molar-refractivity contribution in [1.29, 1.82) is 0 Å². The van der Waals surface area contributed by atoms with Crippen molar-refractivity contribution < 1.29 is 9.53 Å². The molecule has 74 valence electrons. The van der Waals surface area contributed by atoms with Crippen molar-refractivity contribution in [3.63, 3.8) is 0 Å². The number of rotatable bonds is 0. The summed E-state index contributed by atoms with van der Waals surface area (Å²) in [7, 11) is 0. The van der Waals surface area contributed by atoms with E-state index in [-0.39, 0.29) is 17.9 Å². The summed E-state index contributed by atoms with van der Waals surface area (Å²) in [6.07, 6.45) is 0. The summed E-state index contributed by atoms with van der Waals surface area (Å²) in [5.74, 6) is 0.00875. The lowest BCUT2D eigenvalue weighted by Gasteiger charge is -2.04. The molecule has 0 aliphatic carbocycles. The molecule has 15 heavy (non-hydrogen) atoms. The highest BCUT2D eigenvalue weighted by atomic mass is 16.6. The van der Waals surface area contributed by atoms with Gasteiger partial charge in [-0.3, -0.25) is 4.79 Å². The van der Waals surface area contributed by atoms with Gasteiger partial charge in [0.05, 0.1) is 5.52 Å². The lowest BCUT2D eigenvalue weighted by atomic mass is 10.2. The van der Waals surface area contributed by atoms with E-state index in [2.05, 4.69) is 0 Å². The normalized spacial score (nSPS) is 14.0. The van der Waals surface area contributed by atoms with Gasteiger partial charge in [-0.15, -0.1) is 0 Å². The van der Waals surface area contributed by atoms with Crippen LogP contribution in [0.25, 0.3) is 10.9 Å². The van der Waals surface area contributed by atoms with Gasteiger partial charge in [-0.25, -0.2) is 4.79 Å². The van der Waals surface area contributed by atoms with Crippen molar-refractivity contribution in [2.24, 2.45) is 0 Å². The Morgan fingerprint density at radius 1 is 1.20 bits per heavy atom. The Morgan fingerprint density at radius 2 is 2.00 bits per heavy atom. The van der Waals surface area contributed by atoms with E-state index >= 15 is 0 Å². The second kappa shape index (κ2) is 2.70. The van der Waals surface area contributed by atoms with Gasteiger partial charge in [0.25, 0.3) is 0 Å². The van der Waals surface area contributed by atoms with Crippen molar-refractivity contribution in [2.75, 3.05) is 0 Å². The minimum atomic E-state index is -0.328. The van der Waals surface area contributed by atoms with Gasteiger partial charge in [0.15, 0.2) is 5.43 Å². The van der Waals surface area contributed by atoms with E-state index < -0.39 is 0 Å². The monoisotopic (exact) mass is 201 g/mol. The van der Waals surface area contributed by atoms with Gasteiger partial charge in [0.2, 0.25) is 5.88 Å². The van der Waals surface area contributed by atoms with Gasteiger partial charge in [-0.1, -0.05) is 12.1 Å². The largest absolute Gasteiger partial charge is 0.408 e. The van der Waals surface area contributed by atoms with E-state index in [0.717, 1.165) is 5.52 Å². The fourth-order valence-electron chi connectivity index (χ4n) is 1.83. The number of carbonyl (C=O) groups is 1. The molecule has 0 N–H and O–H groups in total. The first-order chi connectivity index (χ1) is 7.25. The predicted molar refractivity (Wildman–Crippen MR) is 53.8 cm³/mol. The van der Waals surface area contributed by atoms with Crippen LogP contribution in [0.2, 0.25) is 0 Å². The Labute approximate surface area is 84.7 Å². The smallest absolute Gasteiger partial charge is 0.332 e. The molecule has 4 nitrogen and oxygen atoms in total. The zero-order chi connectivity index (χ0) is 10.4. The van der Waals surface area contributed by atoms with E-state index in [9.17, 15) is 9.59 Å². The third-order valence-corrected chi connectivity index (χ3v) is 2.49. The first kappa shape index (κ1) is 8.23. The number of benzene rings is 1. The SMILES string of the molecule is O=C1Cn2c(cc(=O)c3ccccc32)O1. The molecular weight excluding hydrogens is 194 g/mol. The van der Waals surface area contributed by atoms with Crippen LogP contribution in [-0.4, -0.2) is 10.5 Å². The first-order valence-electron chi connectivity index (χ1n) is 4.59. The third-order valence-electron chi connectivity index (χ3n) is 2.49. The first-order valence-corrected chi connectivity index (χ1v) is 4.59. The highest BCUT2D eigenvalue weighted by Gasteiger charge is 2.21. The van der Waals surface area contributed by atoms with Crippen LogP contribution < -0.4 is 10.2 Å². The Balaban J connectivity index is 2.49. The van der Waals surface area contributed by atoms with Gasteiger partial charge in [0.1, 0.15) is 6.54 Å². The molecule has 0 saturated heterocycles. The maximum absolute atomic E-state index is 11.6. The molecule has 0 unspecified atom stereocenters. The van der Waals surface area contributed by atoms with Gasteiger partial charge < -0.3 is 9.30 Å². The zero-order valence-corrected chi connectivity index (χ0v) is 7.77. The molecule has 2 aromatic rings. The Morgan fingerprint density at radius 3 is 2.87 bits per heavy atom. The molecule has 0 atom stereocenters. The van der Waals surface area contributed by atoms with Gasteiger partial charge in [-0.2, -0.15) is 0 Å². The number of hydrogen-bond donors (Lipinski definition) is 0. The molecule has 3 rings (SSSR count). The summed E-state index contributed by atoms with van der Waals surface area (Å²) in [5.41, 5.74) is 0.623. The average molecular weight is 201 g/mol. The van der Waals surface area contributed by atoms with Crippen LogP contribution in [0.5, 0.6) is 5.88 Å². The molecule has 1 aliphatic heterocycles. The van der Waals surface area contributed by atoms with Crippen LogP contribution in [0.15, 0.2) is 35.1 Å². The minimum Gasteiger partial charge on any atom is -0.408 e. The van der Waals surface area contributed by atoms with Crippen molar-refractivity contribution in [3.8, 4) is 5.88 Å². The Bertz CT molecular complexity index is 627. The zero-order valence-electron chi connectivity index (χ0n) is 7.77. The number of nitrogens with zero attached hydrogens (tertiary/aromatic N) is 1. The van der Waals surface area contributed by atoms with E-state index in [1.807, 2.05) is 12.1 Å². The van der Waals surface area contributed by atoms with Crippen molar-refractivity contribution in [1.82, 2.24) is 4.57 Å². The lowest BCUT2D eigenvalue weighted by Crippen LogP contribution is -2.06. The van der Waals surface area contributed by atoms with Crippen LogP contribution in [0.1, 0.15) is 0 Å². The van der Waals surface area contributed by atoms with Crippen molar-refractivity contribution in [2.45, 2.75) is 6.54 Å². The number of para-hydroxylation sites is 1. The summed E-state index contributed by atoms with van der Waals surface area (Å²) in [6, 6.07) is 8.54. The molecule has 2 heterocycles. The second-order valence-corrected chi connectivity index (χ2v) is 3.42. The molecule has 0 amide bonds. The van der Waals surface area contributed by atoms with Crippen LogP contribution in [0.3, 0.4) is 0 Å². The van der Waals surface area contributed by atoms with Gasteiger partial charge in [0, 0.05) is 11.5 Å². The highest BCUT2D eigenvalue weighted by Crippen LogP contribution is 2.22. The second-order valence-electron chi connectivity index (χ2n) is 3.42.